The summed E-state index contributed by atoms with van der Waals surface area (Å²) in [6.07, 6.45) is 0.408. The molecule has 0 aliphatic heterocycles. The molecule has 0 aliphatic carbocycles. The lowest BCUT2D eigenvalue weighted by Gasteiger charge is -2.01. The Morgan fingerprint density at radius 3 is 2.20 bits per heavy atom. The zero-order valence-electron chi connectivity index (χ0n) is 9.36. The van der Waals surface area contributed by atoms with Crippen LogP contribution >= 0.6 is 0 Å². The molecule has 88 valence electrons. The highest BCUT2D eigenvalue weighted by molar-refractivity contribution is 5.73. The van der Waals surface area contributed by atoms with Crippen LogP contribution in [0.4, 0.5) is 0 Å². The minimum Gasteiger partial charge on any atom is -0.466 e. The van der Waals surface area contributed by atoms with Crippen LogP contribution in [0.1, 0.15) is 20.8 Å². The highest BCUT2D eigenvalue weighted by Gasteiger charge is 2.07. The Kier molecular flexibility index (Phi) is 11.5. The van der Waals surface area contributed by atoms with E-state index >= 15 is 0 Å². The second kappa shape index (κ2) is 10.7. The number of hydrogen-bond acceptors (Lipinski definition) is 5. The molecule has 0 rings (SSSR count). The predicted octanol–water partition coefficient (Wildman–Crippen LogP) is 0.666. The van der Waals surface area contributed by atoms with Gasteiger partial charge in [-0.1, -0.05) is 12.7 Å². The highest BCUT2D eigenvalue weighted by atomic mass is 16.5. The molecule has 0 aromatic carbocycles. The number of hydrogen-bond donors (Lipinski definition) is 1. The summed E-state index contributed by atoms with van der Waals surface area (Å²) < 4.78 is 8.85. The first-order valence-electron chi connectivity index (χ1n) is 4.54. The van der Waals surface area contributed by atoms with Crippen LogP contribution in [0, 0.1) is 0 Å². The van der Waals surface area contributed by atoms with Crippen LogP contribution < -0.4 is 0 Å². The normalized spacial score (nSPS) is 10.4. The SMILES string of the molecule is C=CCOC(=O)C(C)O.CCOC(C)=O. The Balaban J connectivity index is 0. The largest absolute Gasteiger partial charge is 0.466 e. The maximum absolute atomic E-state index is 10.4. The fourth-order valence-electron chi connectivity index (χ4n) is 0.465. The van der Waals surface area contributed by atoms with Gasteiger partial charge in [0.15, 0.2) is 0 Å². The Morgan fingerprint density at radius 2 is 2.00 bits per heavy atom. The number of ether oxygens (including phenoxy) is 2. The molecule has 1 unspecified atom stereocenters. The Labute approximate surface area is 89.7 Å². The average molecular weight is 218 g/mol. The van der Waals surface area contributed by atoms with Crippen molar-refractivity contribution >= 4 is 11.9 Å². The monoisotopic (exact) mass is 218 g/mol. The third-order valence-corrected chi connectivity index (χ3v) is 1.03. The van der Waals surface area contributed by atoms with Gasteiger partial charge in [0.05, 0.1) is 6.61 Å². The first kappa shape index (κ1) is 16.1. The molecule has 0 aliphatic rings. The summed E-state index contributed by atoms with van der Waals surface area (Å²) in [6.45, 7) is 8.50. The molecular weight excluding hydrogens is 200 g/mol. The number of aliphatic hydroxyl groups is 1. The van der Waals surface area contributed by atoms with E-state index < -0.39 is 12.1 Å². The van der Waals surface area contributed by atoms with Gasteiger partial charge in [-0.25, -0.2) is 4.79 Å². The fourth-order valence-corrected chi connectivity index (χ4v) is 0.465. The van der Waals surface area contributed by atoms with Crippen LogP contribution in [0.5, 0.6) is 0 Å². The molecular formula is C10H18O5. The van der Waals surface area contributed by atoms with Crippen molar-refractivity contribution in [2.75, 3.05) is 13.2 Å². The third kappa shape index (κ3) is 15.4. The topological polar surface area (TPSA) is 72.8 Å². The molecule has 0 aromatic rings. The molecule has 0 radical (unpaired) electrons. The summed E-state index contributed by atoms with van der Waals surface area (Å²) >= 11 is 0. The lowest BCUT2D eigenvalue weighted by molar-refractivity contribution is -0.151. The van der Waals surface area contributed by atoms with Gasteiger partial charge in [-0.05, 0) is 13.8 Å². The number of rotatable bonds is 4. The van der Waals surface area contributed by atoms with Gasteiger partial charge >= 0.3 is 11.9 Å². The Morgan fingerprint density at radius 1 is 1.47 bits per heavy atom. The standard InChI is InChI=1S/C6H10O3.C4H8O2/c1-3-4-9-6(8)5(2)7;1-3-6-4(2)5/h3,5,7H,1,4H2,2H3;3H2,1-2H3. The molecule has 1 atom stereocenters. The van der Waals surface area contributed by atoms with Gasteiger partial charge in [-0.15, -0.1) is 0 Å². The first-order chi connectivity index (χ1) is 6.95. The summed E-state index contributed by atoms with van der Waals surface area (Å²) in [6, 6.07) is 0. The first-order valence-corrected chi connectivity index (χ1v) is 4.54. The second-order valence-electron chi connectivity index (χ2n) is 2.52. The molecule has 0 bridgehead atoms. The molecule has 0 saturated carbocycles. The van der Waals surface area contributed by atoms with Crippen LogP contribution in [-0.2, 0) is 19.1 Å². The molecule has 0 saturated heterocycles. The van der Waals surface area contributed by atoms with E-state index in [0.717, 1.165) is 0 Å². The van der Waals surface area contributed by atoms with E-state index in [1.54, 1.807) is 6.92 Å². The van der Waals surface area contributed by atoms with Crippen molar-refractivity contribution in [3.05, 3.63) is 12.7 Å². The maximum Gasteiger partial charge on any atom is 0.334 e. The van der Waals surface area contributed by atoms with Gasteiger partial charge in [0, 0.05) is 6.92 Å². The van der Waals surface area contributed by atoms with E-state index in [4.69, 9.17) is 5.11 Å². The van der Waals surface area contributed by atoms with E-state index in [-0.39, 0.29) is 12.6 Å². The molecule has 5 nitrogen and oxygen atoms in total. The number of aliphatic hydroxyl groups excluding tert-OH is 1. The van der Waals surface area contributed by atoms with E-state index in [1.807, 2.05) is 0 Å². The maximum atomic E-state index is 10.4. The summed E-state index contributed by atoms with van der Waals surface area (Å²) in [5, 5.41) is 8.54. The van der Waals surface area contributed by atoms with Crippen molar-refractivity contribution in [3.63, 3.8) is 0 Å². The molecule has 1 N–H and O–H groups in total. The lowest BCUT2D eigenvalue weighted by Crippen LogP contribution is -2.19. The van der Waals surface area contributed by atoms with Crippen molar-refractivity contribution in [3.8, 4) is 0 Å². The van der Waals surface area contributed by atoms with Crippen molar-refractivity contribution < 1.29 is 24.2 Å². The summed E-state index contributed by atoms with van der Waals surface area (Å²) in [5.41, 5.74) is 0. The van der Waals surface area contributed by atoms with Crippen molar-refractivity contribution in [1.29, 1.82) is 0 Å². The average Bonchev–Trinajstić information content (AvgIpc) is 2.14. The quantitative estimate of drug-likeness (QED) is 0.554. The van der Waals surface area contributed by atoms with Crippen LogP contribution in [0.2, 0.25) is 0 Å². The number of carbonyl (C=O) groups excluding carboxylic acids is 2. The zero-order valence-corrected chi connectivity index (χ0v) is 9.36. The lowest BCUT2D eigenvalue weighted by atomic mass is 10.4. The van der Waals surface area contributed by atoms with E-state index in [1.165, 1.54) is 19.9 Å². The van der Waals surface area contributed by atoms with Gasteiger partial charge in [-0.3, -0.25) is 4.79 Å². The minimum atomic E-state index is -1.04. The summed E-state index contributed by atoms with van der Waals surface area (Å²) in [7, 11) is 0. The van der Waals surface area contributed by atoms with Crippen molar-refractivity contribution in [2.45, 2.75) is 26.9 Å². The van der Waals surface area contributed by atoms with E-state index in [0.29, 0.717) is 6.61 Å². The molecule has 0 aromatic heterocycles. The third-order valence-electron chi connectivity index (χ3n) is 1.03. The molecule has 5 heteroatoms. The van der Waals surface area contributed by atoms with Gasteiger partial charge in [0.25, 0.3) is 0 Å². The summed E-state index contributed by atoms with van der Waals surface area (Å²) in [4.78, 5) is 20.2. The smallest absolute Gasteiger partial charge is 0.334 e. The van der Waals surface area contributed by atoms with E-state index in [9.17, 15) is 9.59 Å². The zero-order chi connectivity index (χ0) is 12.3. The fraction of sp³-hybridized carbons (Fsp3) is 0.600. The molecule has 0 fully saturated rings. The van der Waals surface area contributed by atoms with Gasteiger partial charge < -0.3 is 14.6 Å². The van der Waals surface area contributed by atoms with E-state index in [2.05, 4.69) is 16.1 Å². The van der Waals surface area contributed by atoms with Crippen LogP contribution in [-0.4, -0.2) is 36.4 Å². The predicted molar refractivity (Wildman–Crippen MR) is 55.1 cm³/mol. The van der Waals surface area contributed by atoms with Crippen LogP contribution in [0.3, 0.4) is 0 Å². The second-order valence-corrected chi connectivity index (χ2v) is 2.52. The molecule has 15 heavy (non-hydrogen) atoms. The minimum absolute atomic E-state index is 0.156. The van der Waals surface area contributed by atoms with Gasteiger partial charge in [0.2, 0.25) is 0 Å². The van der Waals surface area contributed by atoms with Gasteiger partial charge in [0.1, 0.15) is 12.7 Å². The van der Waals surface area contributed by atoms with Crippen molar-refractivity contribution in [2.24, 2.45) is 0 Å². The number of esters is 2. The van der Waals surface area contributed by atoms with Crippen molar-refractivity contribution in [1.82, 2.24) is 0 Å². The molecule has 0 spiro atoms. The summed E-state index contributed by atoms with van der Waals surface area (Å²) in [5.74, 6) is -0.826. The van der Waals surface area contributed by atoms with Crippen LogP contribution in [0.15, 0.2) is 12.7 Å². The molecule has 0 amide bonds. The highest BCUT2D eigenvalue weighted by Crippen LogP contribution is 1.85. The number of carbonyl (C=O) groups is 2. The van der Waals surface area contributed by atoms with Gasteiger partial charge in [-0.2, -0.15) is 0 Å². The van der Waals surface area contributed by atoms with Crippen LogP contribution in [0.25, 0.3) is 0 Å². The Bertz CT molecular complexity index is 198. The Hall–Kier alpha value is -1.36. The molecule has 0 heterocycles.